The lowest BCUT2D eigenvalue weighted by Gasteiger charge is -2.07. The van der Waals surface area contributed by atoms with Crippen molar-refractivity contribution < 1.29 is 14.0 Å². The minimum absolute atomic E-state index is 0.00218. The number of carbonyl (C=O) groups excluding carboxylic acids is 2. The van der Waals surface area contributed by atoms with Gasteiger partial charge in [-0.05, 0) is 24.3 Å². The number of amides is 3. The molecule has 3 rings (SSSR count). The van der Waals surface area contributed by atoms with Gasteiger partial charge in [-0.25, -0.2) is 14.2 Å². The van der Waals surface area contributed by atoms with E-state index in [-0.39, 0.29) is 20.7 Å². The van der Waals surface area contributed by atoms with E-state index < -0.39 is 17.8 Å². The van der Waals surface area contributed by atoms with Crippen molar-refractivity contribution in [3.05, 3.63) is 57.8 Å². The topological polar surface area (TPSA) is 71.1 Å². The molecule has 2 aromatic carbocycles. The van der Waals surface area contributed by atoms with E-state index in [2.05, 4.69) is 15.6 Å². The van der Waals surface area contributed by atoms with Crippen molar-refractivity contribution in [3.8, 4) is 0 Å². The van der Waals surface area contributed by atoms with Gasteiger partial charge in [0.05, 0.1) is 25.8 Å². The number of imide groups is 1. The Labute approximate surface area is 149 Å². The summed E-state index contributed by atoms with van der Waals surface area (Å²) in [5.41, 5.74) is 0.415. The zero-order valence-corrected chi connectivity index (χ0v) is 14.1. The van der Waals surface area contributed by atoms with Gasteiger partial charge < -0.3 is 0 Å². The number of nitrogens with zero attached hydrogens (tertiary/aromatic N) is 1. The van der Waals surface area contributed by atoms with E-state index in [1.807, 2.05) is 0 Å². The lowest BCUT2D eigenvalue weighted by atomic mass is 10.2. The van der Waals surface area contributed by atoms with Gasteiger partial charge in [0.15, 0.2) is 5.13 Å². The number of carbonyl (C=O) groups is 2. The number of rotatable bonds is 2. The van der Waals surface area contributed by atoms with Crippen LogP contribution < -0.4 is 10.6 Å². The Morgan fingerprint density at radius 3 is 2.54 bits per heavy atom. The van der Waals surface area contributed by atoms with E-state index in [4.69, 9.17) is 23.2 Å². The fraction of sp³-hybridized carbons (Fsp3) is 0. The minimum Gasteiger partial charge on any atom is -0.283 e. The van der Waals surface area contributed by atoms with Crippen LogP contribution in [0.1, 0.15) is 10.4 Å². The summed E-state index contributed by atoms with van der Waals surface area (Å²) in [6.45, 7) is 0. The predicted octanol–water partition coefficient (Wildman–Crippen LogP) is 4.70. The van der Waals surface area contributed by atoms with Gasteiger partial charge in [0.2, 0.25) is 0 Å². The largest absolute Gasteiger partial charge is 0.327 e. The molecule has 0 unspecified atom stereocenters. The van der Waals surface area contributed by atoms with Crippen molar-refractivity contribution in [3.63, 3.8) is 0 Å². The van der Waals surface area contributed by atoms with Crippen LogP contribution in [0.15, 0.2) is 36.4 Å². The van der Waals surface area contributed by atoms with E-state index in [0.717, 1.165) is 11.3 Å². The van der Waals surface area contributed by atoms with E-state index in [1.54, 1.807) is 12.1 Å². The molecular formula is C15H8Cl2FN3O2S. The number of urea groups is 1. The van der Waals surface area contributed by atoms with Crippen LogP contribution in [0.5, 0.6) is 0 Å². The highest BCUT2D eigenvalue weighted by Gasteiger charge is 2.17. The highest BCUT2D eigenvalue weighted by Crippen LogP contribution is 2.27. The molecule has 1 aromatic heterocycles. The molecule has 0 spiro atoms. The molecule has 0 radical (unpaired) electrons. The zero-order valence-electron chi connectivity index (χ0n) is 11.8. The molecule has 0 aliphatic rings. The summed E-state index contributed by atoms with van der Waals surface area (Å²) in [7, 11) is 0. The number of nitrogens with one attached hydrogen (secondary N) is 2. The summed E-state index contributed by atoms with van der Waals surface area (Å²) < 4.78 is 13.8. The van der Waals surface area contributed by atoms with Crippen molar-refractivity contribution in [2.75, 3.05) is 5.32 Å². The molecule has 3 aromatic rings. The van der Waals surface area contributed by atoms with Gasteiger partial charge in [-0.1, -0.05) is 40.6 Å². The number of aromatic nitrogens is 1. The normalized spacial score (nSPS) is 10.6. The Balaban J connectivity index is 1.73. The number of thiazole rings is 1. The molecule has 24 heavy (non-hydrogen) atoms. The summed E-state index contributed by atoms with van der Waals surface area (Å²) in [6, 6.07) is 7.87. The Morgan fingerprint density at radius 2 is 1.83 bits per heavy atom. The second-order valence-corrected chi connectivity index (χ2v) is 6.48. The molecule has 5 nitrogen and oxygen atoms in total. The highest BCUT2D eigenvalue weighted by molar-refractivity contribution is 7.22. The van der Waals surface area contributed by atoms with Crippen molar-refractivity contribution >= 4 is 61.8 Å². The monoisotopic (exact) mass is 383 g/mol. The molecule has 0 aliphatic heterocycles. The molecule has 9 heteroatoms. The first-order chi connectivity index (χ1) is 11.4. The number of hydrogen-bond donors (Lipinski definition) is 2. The van der Waals surface area contributed by atoms with Crippen LogP contribution in [0.2, 0.25) is 10.0 Å². The SMILES string of the molecule is O=C(NC(=O)c1c(Cl)cccc1Cl)Nc1nc2cc(F)ccc2s1. The van der Waals surface area contributed by atoms with Crippen molar-refractivity contribution in [1.82, 2.24) is 10.3 Å². The second kappa shape index (κ2) is 6.72. The summed E-state index contributed by atoms with van der Waals surface area (Å²) in [6.07, 6.45) is 0. The maximum Gasteiger partial charge on any atom is 0.327 e. The average Bonchev–Trinajstić information content (AvgIpc) is 2.87. The van der Waals surface area contributed by atoms with Crippen LogP contribution >= 0.6 is 34.5 Å². The van der Waals surface area contributed by atoms with Gasteiger partial charge in [-0.3, -0.25) is 15.4 Å². The number of fused-ring (bicyclic) bond motifs is 1. The van der Waals surface area contributed by atoms with Gasteiger partial charge in [-0.15, -0.1) is 0 Å². The first kappa shape index (κ1) is 16.6. The molecule has 0 saturated carbocycles. The van der Waals surface area contributed by atoms with Gasteiger partial charge in [0, 0.05) is 6.07 Å². The van der Waals surface area contributed by atoms with Crippen LogP contribution in [-0.4, -0.2) is 16.9 Å². The van der Waals surface area contributed by atoms with Gasteiger partial charge in [-0.2, -0.15) is 0 Å². The fourth-order valence-corrected chi connectivity index (χ4v) is 3.37. The highest BCUT2D eigenvalue weighted by atomic mass is 35.5. The van der Waals surface area contributed by atoms with Crippen LogP contribution in [-0.2, 0) is 0 Å². The summed E-state index contributed by atoms with van der Waals surface area (Å²) >= 11 is 13.0. The Morgan fingerprint density at radius 1 is 1.12 bits per heavy atom. The van der Waals surface area contributed by atoms with Crippen LogP contribution in [0.4, 0.5) is 14.3 Å². The average molecular weight is 384 g/mol. The van der Waals surface area contributed by atoms with Crippen molar-refractivity contribution in [1.29, 1.82) is 0 Å². The lowest BCUT2D eigenvalue weighted by molar-refractivity contribution is 0.0967. The third kappa shape index (κ3) is 3.48. The van der Waals surface area contributed by atoms with E-state index in [0.29, 0.717) is 10.2 Å². The van der Waals surface area contributed by atoms with E-state index in [9.17, 15) is 14.0 Å². The molecule has 3 amide bonds. The molecule has 0 saturated heterocycles. The second-order valence-electron chi connectivity index (χ2n) is 4.64. The molecule has 1 heterocycles. The predicted molar refractivity (Wildman–Crippen MR) is 92.5 cm³/mol. The standard InChI is InChI=1S/C15H8Cl2FN3O2S/c16-8-2-1-3-9(17)12(8)13(22)20-14(23)21-15-19-10-6-7(18)4-5-11(10)24-15/h1-6H,(H2,19,20,21,22,23). The molecule has 2 N–H and O–H groups in total. The third-order valence-corrected chi connectivity index (χ3v) is 4.57. The molecule has 0 fully saturated rings. The zero-order chi connectivity index (χ0) is 17.3. The Bertz CT molecular complexity index is 941. The Kier molecular flexibility index (Phi) is 4.66. The van der Waals surface area contributed by atoms with Gasteiger partial charge in [0.1, 0.15) is 5.82 Å². The first-order valence-electron chi connectivity index (χ1n) is 6.56. The fourth-order valence-electron chi connectivity index (χ4n) is 1.96. The van der Waals surface area contributed by atoms with Crippen molar-refractivity contribution in [2.45, 2.75) is 0 Å². The molecule has 0 aliphatic carbocycles. The van der Waals surface area contributed by atoms with Crippen LogP contribution in [0.3, 0.4) is 0 Å². The molecule has 0 bridgehead atoms. The summed E-state index contributed by atoms with van der Waals surface area (Å²) in [4.78, 5) is 28.1. The number of hydrogen-bond acceptors (Lipinski definition) is 4. The first-order valence-corrected chi connectivity index (χ1v) is 8.14. The molecular weight excluding hydrogens is 376 g/mol. The quantitative estimate of drug-likeness (QED) is 0.673. The lowest BCUT2D eigenvalue weighted by Crippen LogP contribution is -2.34. The van der Waals surface area contributed by atoms with Crippen LogP contribution in [0, 0.1) is 5.82 Å². The van der Waals surface area contributed by atoms with Gasteiger partial charge >= 0.3 is 6.03 Å². The van der Waals surface area contributed by atoms with Crippen molar-refractivity contribution in [2.24, 2.45) is 0 Å². The maximum atomic E-state index is 13.1. The number of anilines is 1. The number of benzene rings is 2. The minimum atomic E-state index is -0.796. The third-order valence-electron chi connectivity index (χ3n) is 2.99. The summed E-state index contributed by atoms with van der Waals surface area (Å²) in [5.74, 6) is -1.16. The van der Waals surface area contributed by atoms with E-state index >= 15 is 0 Å². The molecule has 0 atom stereocenters. The summed E-state index contributed by atoms with van der Waals surface area (Å²) in [5, 5.41) is 5.02. The molecule has 122 valence electrons. The van der Waals surface area contributed by atoms with Gasteiger partial charge in [0.25, 0.3) is 5.91 Å². The Hall–Kier alpha value is -2.22. The number of halogens is 3. The smallest absolute Gasteiger partial charge is 0.283 e. The van der Waals surface area contributed by atoms with E-state index in [1.165, 1.54) is 24.3 Å². The van der Waals surface area contributed by atoms with Crippen LogP contribution in [0.25, 0.3) is 10.2 Å². The maximum absolute atomic E-state index is 13.1.